The third-order valence-corrected chi connectivity index (χ3v) is 18.1. The molecule has 1 saturated heterocycles. The monoisotopic (exact) mass is 801 g/mol. The molecule has 4 nitrogen and oxygen atoms in total. The van der Waals surface area contributed by atoms with Crippen LogP contribution in [0.2, 0.25) is 0 Å². The highest BCUT2D eigenvalue weighted by atomic mass is 32.2. The van der Waals surface area contributed by atoms with Crippen LogP contribution < -0.4 is 5.32 Å². The first kappa shape index (κ1) is 42.0. The third kappa shape index (κ3) is 9.45. The van der Waals surface area contributed by atoms with Crippen LogP contribution in [0.3, 0.4) is 0 Å². The molecule has 2 aliphatic heterocycles. The molecule has 7 aliphatic rings. The fourth-order valence-corrected chi connectivity index (χ4v) is 15.4. The van der Waals surface area contributed by atoms with Crippen LogP contribution in [0.25, 0.3) is 5.57 Å². The van der Waals surface area contributed by atoms with E-state index in [1.165, 1.54) is 121 Å². The molecule has 11 atom stereocenters. The van der Waals surface area contributed by atoms with E-state index in [-0.39, 0.29) is 5.66 Å². The Morgan fingerprint density at radius 1 is 0.914 bits per heavy atom. The van der Waals surface area contributed by atoms with Crippen LogP contribution >= 0.6 is 11.8 Å². The van der Waals surface area contributed by atoms with Crippen molar-refractivity contribution in [3.63, 3.8) is 0 Å². The largest absolute Gasteiger partial charge is 0.365 e. The Kier molecular flexibility index (Phi) is 14.0. The van der Waals surface area contributed by atoms with E-state index in [0.717, 1.165) is 71.0 Å². The van der Waals surface area contributed by atoms with Gasteiger partial charge in [-0.1, -0.05) is 133 Å². The second kappa shape index (κ2) is 19.4. The van der Waals surface area contributed by atoms with Gasteiger partial charge in [-0.15, -0.1) is 0 Å². The van der Waals surface area contributed by atoms with Crippen LogP contribution in [0.5, 0.6) is 0 Å². The van der Waals surface area contributed by atoms with E-state index in [0.29, 0.717) is 34.8 Å². The van der Waals surface area contributed by atoms with Gasteiger partial charge in [0.2, 0.25) is 0 Å². The second-order valence-electron chi connectivity index (χ2n) is 19.9. The molecule has 0 aromatic carbocycles. The van der Waals surface area contributed by atoms with Gasteiger partial charge in [-0.3, -0.25) is 4.99 Å². The van der Waals surface area contributed by atoms with E-state index in [4.69, 9.17) is 15.0 Å². The molecule has 1 aromatic rings. The zero-order valence-corrected chi connectivity index (χ0v) is 37.5. The highest BCUT2D eigenvalue weighted by Crippen LogP contribution is 2.55. The molecule has 1 N–H and O–H groups in total. The lowest BCUT2D eigenvalue weighted by atomic mass is 9.65. The highest BCUT2D eigenvalue weighted by molar-refractivity contribution is 8.00. The van der Waals surface area contributed by atoms with Crippen molar-refractivity contribution in [3.8, 4) is 0 Å². The molecule has 314 valence electrons. The third-order valence-electron chi connectivity index (χ3n) is 16.2. The first-order chi connectivity index (χ1) is 28.3. The maximum atomic E-state index is 5.96. The van der Waals surface area contributed by atoms with E-state index in [1.807, 2.05) is 0 Å². The smallest absolute Gasteiger partial charge is 0.132 e. The van der Waals surface area contributed by atoms with Gasteiger partial charge >= 0.3 is 0 Å². The number of rotatable bonds is 10. The summed E-state index contributed by atoms with van der Waals surface area (Å²) in [6.45, 7) is 14.2. The Hall–Kier alpha value is -2.66. The van der Waals surface area contributed by atoms with Gasteiger partial charge in [0, 0.05) is 45.6 Å². The zero-order valence-electron chi connectivity index (χ0n) is 36.7. The minimum Gasteiger partial charge on any atom is -0.365 e. The summed E-state index contributed by atoms with van der Waals surface area (Å²) in [4.78, 5) is 16.6. The Morgan fingerprint density at radius 2 is 1.71 bits per heavy atom. The summed E-state index contributed by atoms with van der Waals surface area (Å²) < 4.78 is 0. The van der Waals surface area contributed by atoms with Gasteiger partial charge in [0.1, 0.15) is 11.5 Å². The average molecular weight is 801 g/mol. The number of fused-ring (bicyclic) bond motifs is 2. The number of hydrogen-bond donors (Lipinski definition) is 1. The van der Waals surface area contributed by atoms with Crippen molar-refractivity contribution in [3.05, 3.63) is 90.2 Å². The van der Waals surface area contributed by atoms with Crippen molar-refractivity contribution in [1.82, 2.24) is 15.3 Å². The summed E-state index contributed by atoms with van der Waals surface area (Å²) in [5.41, 5.74) is 5.83. The van der Waals surface area contributed by atoms with E-state index < -0.39 is 0 Å². The van der Waals surface area contributed by atoms with E-state index in [1.54, 1.807) is 0 Å². The lowest BCUT2D eigenvalue weighted by Gasteiger charge is -2.46. The Labute approximate surface area is 357 Å². The number of nitrogens with zero attached hydrogens (tertiary/aromatic N) is 3. The molecule has 0 amide bonds. The van der Waals surface area contributed by atoms with Gasteiger partial charge < -0.3 is 5.32 Å². The van der Waals surface area contributed by atoms with Crippen molar-refractivity contribution in [2.45, 2.75) is 184 Å². The second-order valence-corrected chi connectivity index (χ2v) is 21.3. The summed E-state index contributed by atoms with van der Waals surface area (Å²) in [5, 5.41) is 5.79. The van der Waals surface area contributed by atoms with Crippen molar-refractivity contribution in [1.29, 1.82) is 0 Å². The van der Waals surface area contributed by atoms with Crippen LogP contribution in [0.4, 0.5) is 0 Å². The minimum atomic E-state index is -0.201. The van der Waals surface area contributed by atoms with E-state index in [9.17, 15) is 0 Å². The maximum absolute atomic E-state index is 5.96. The molecular formula is C53H76N4S. The quantitative estimate of drug-likeness (QED) is 0.240. The van der Waals surface area contributed by atoms with Crippen LogP contribution in [-0.4, -0.2) is 31.8 Å². The Balaban J connectivity index is 1.07. The lowest BCUT2D eigenvalue weighted by Crippen LogP contribution is -2.52. The maximum Gasteiger partial charge on any atom is 0.132 e. The first-order valence-corrected chi connectivity index (χ1v) is 25.2. The molecule has 5 aliphatic carbocycles. The molecule has 0 bridgehead atoms. The average Bonchev–Trinajstić information content (AvgIpc) is 3.55. The van der Waals surface area contributed by atoms with Crippen molar-refractivity contribution in [2.24, 2.45) is 46.4 Å². The summed E-state index contributed by atoms with van der Waals surface area (Å²) in [5.74, 6) is 6.96. The molecular weight excluding hydrogens is 725 g/mol. The number of aromatic nitrogens is 2. The predicted molar refractivity (Wildman–Crippen MR) is 249 cm³/mol. The van der Waals surface area contributed by atoms with Gasteiger partial charge in [0.25, 0.3) is 0 Å². The summed E-state index contributed by atoms with van der Waals surface area (Å²) in [7, 11) is 0. The van der Waals surface area contributed by atoms with E-state index >= 15 is 0 Å². The topological polar surface area (TPSA) is 50.2 Å². The fraction of sp³-hybridized carbons (Fsp3) is 0.679. The van der Waals surface area contributed by atoms with Gasteiger partial charge in [-0.05, 0) is 125 Å². The van der Waals surface area contributed by atoms with E-state index in [2.05, 4.69) is 112 Å². The molecule has 0 radical (unpaired) electrons. The zero-order chi connectivity index (χ0) is 40.1. The summed E-state index contributed by atoms with van der Waals surface area (Å²) in [6.07, 6.45) is 46.2. The number of thioether (sulfide) groups is 1. The molecule has 5 fully saturated rings. The number of aliphatic imine (C=N–C) groups is 1. The number of allylic oxidation sites excluding steroid dienone is 11. The van der Waals surface area contributed by atoms with Crippen molar-refractivity contribution in [2.75, 3.05) is 0 Å². The Bertz CT molecular complexity index is 1760. The van der Waals surface area contributed by atoms with Crippen LogP contribution in [0.1, 0.15) is 185 Å². The molecule has 8 rings (SSSR count). The van der Waals surface area contributed by atoms with Gasteiger partial charge in [-0.25, -0.2) is 9.97 Å². The van der Waals surface area contributed by atoms with Gasteiger partial charge in [0.05, 0.1) is 11.4 Å². The molecule has 0 spiro atoms. The molecule has 11 unspecified atom stereocenters. The molecule has 3 heterocycles. The molecule has 5 heteroatoms. The highest BCUT2D eigenvalue weighted by Gasteiger charge is 2.49. The lowest BCUT2D eigenvalue weighted by molar-refractivity contribution is 0.137. The summed E-state index contributed by atoms with van der Waals surface area (Å²) >= 11 is 2.48. The summed E-state index contributed by atoms with van der Waals surface area (Å²) in [6, 6.07) is 2.20. The van der Waals surface area contributed by atoms with Crippen LogP contribution in [0, 0.1) is 41.4 Å². The standard InChI is InChI=1S/C53H76N4S/c1-6-8-12-21-36(3)47-35-48(39-23-13-9-14-24-39)55-52(54-47)40-25-19-22-38(32-40)33-42-34-49(57-53(5,56-42)41-26-15-10-16-27-41)46-30-20-29-45-43(7-2)37(4)44-28-17-11-18-31-50(44)58-51(45)46/h6,8-9,12-14,21,23,34-35,37-41,43-46,50-51,56H,3,7,10-11,15-20,22,24-33H2,1-2,4-5H3/b8-6-,21-12-. The van der Waals surface area contributed by atoms with Gasteiger partial charge in [0.15, 0.2) is 0 Å². The normalized spacial score (nSPS) is 37.3. The number of hydrogen-bond acceptors (Lipinski definition) is 5. The fourth-order valence-electron chi connectivity index (χ4n) is 13.1. The number of nitrogens with one attached hydrogen (secondary N) is 1. The molecule has 1 aromatic heterocycles. The van der Waals surface area contributed by atoms with Crippen molar-refractivity contribution < 1.29 is 0 Å². The minimum absolute atomic E-state index is 0.201. The first-order valence-electron chi connectivity index (χ1n) is 24.3. The predicted octanol–water partition coefficient (Wildman–Crippen LogP) is 14.3. The molecule has 58 heavy (non-hydrogen) atoms. The molecule has 4 saturated carbocycles. The van der Waals surface area contributed by atoms with Gasteiger partial charge in [-0.2, -0.15) is 11.8 Å². The van der Waals surface area contributed by atoms with Crippen LogP contribution in [-0.2, 0) is 0 Å². The van der Waals surface area contributed by atoms with Crippen molar-refractivity contribution >= 4 is 23.0 Å². The van der Waals surface area contributed by atoms with Crippen LogP contribution in [0.15, 0.2) is 78.0 Å². The SMILES string of the molecule is C=C(/C=C\C=C/C)c1cc(C2C=CC=CC2)nc(C2CCCC(CC3=CC(C4CCCC5C(CC)C(C)C6CCCCCC6SC45)=NC(C)(C4CCCCC4)N3)C2)n1. The Morgan fingerprint density at radius 3 is 2.50 bits per heavy atom.